The maximum absolute atomic E-state index is 12.2. The lowest BCUT2D eigenvalue weighted by molar-refractivity contribution is -0.192. The summed E-state index contributed by atoms with van der Waals surface area (Å²) in [6.45, 7) is 7.03. The molecule has 32 heavy (non-hydrogen) atoms. The summed E-state index contributed by atoms with van der Waals surface area (Å²) in [6, 6.07) is 0. The molecule has 3 aliphatic heterocycles. The Morgan fingerprint density at radius 2 is 2.03 bits per heavy atom. The number of hydrogen-bond donors (Lipinski definition) is 1. The normalized spacial score (nSPS) is 25.5. The highest BCUT2D eigenvalue weighted by Gasteiger charge is 2.50. The number of likely N-dealkylation sites (tertiary alicyclic amines) is 2. The van der Waals surface area contributed by atoms with E-state index in [1.165, 1.54) is 5.56 Å². The number of aryl methyl sites for hydroxylation is 1. The number of aromatic nitrogens is 2. The summed E-state index contributed by atoms with van der Waals surface area (Å²) in [4.78, 5) is 25.5. The van der Waals surface area contributed by atoms with Gasteiger partial charge in [0.15, 0.2) is 0 Å². The molecule has 3 saturated heterocycles. The third kappa shape index (κ3) is 6.20. The second-order valence-electron chi connectivity index (χ2n) is 8.65. The summed E-state index contributed by atoms with van der Waals surface area (Å²) >= 11 is 0. The van der Waals surface area contributed by atoms with Crippen molar-refractivity contribution >= 4 is 11.9 Å². The first-order chi connectivity index (χ1) is 15.1. The van der Waals surface area contributed by atoms with Crippen LogP contribution in [0.1, 0.15) is 18.4 Å². The molecule has 4 heterocycles. The molecule has 180 valence electrons. The van der Waals surface area contributed by atoms with Gasteiger partial charge >= 0.3 is 12.1 Å². The number of carbonyl (C=O) groups excluding carboxylic acids is 1. The van der Waals surface area contributed by atoms with E-state index in [-0.39, 0.29) is 17.9 Å². The van der Waals surface area contributed by atoms with Crippen molar-refractivity contribution < 1.29 is 37.3 Å². The van der Waals surface area contributed by atoms with Crippen molar-refractivity contribution in [3.63, 3.8) is 0 Å². The topological polar surface area (TPSA) is 97.1 Å². The van der Waals surface area contributed by atoms with Crippen LogP contribution in [0.25, 0.3) is 0 Å². The monoisotopic (exact) mass is 462 g/mol. The lowest BCUT2D eigenvalue weighted by atomic mass is 9.82. The Bertz CT molecular complexity index is 796. The number of amides is 1. The lowest BCUT2D eigenvalue weighted by Gasteiger charge is -2.27. The summed E-state index contributed by atoms with van der Waals surface area (Å²) in [5, 5.41) is 11.4. The van der Waals surface area contributed by atoms with Crippen molar-refractivity contribution in [2.45, 2.75) is 25.6 Å². The number of alkyl halides is 3. The third-order valence-electron chi connectivity index (χ3n) is 6.07. The minimum Gasteiger partial charge on any atom is -0.475 e. The van der Waals surface area contributed by atoms with Gasteiger partial charge in [0.2, 0.25) is 5.91 Å². The van der Waals surface area contributed by atoms with E-state index < -0.39 is 12.1 Å². The minimum atomic E-state index is -5.08. The van der Waals surface area contributed by atoms with Crippen LogP contribution in [0, 0.1) is 11.3 Å². The summed E-state index contributed by atoms with van der Waals surface area (Å²) in [7, 11) is 1.95. The van der Waals surface area contributed by atoms with E-state index in [0.29, 0.717) is 12.5 Å². The van der Waals surface area contributed by atoms with Crippen LogP contribution < -0.4 is 0 Å². The number of carboxylic acids is 1. The Labute approximate surface area is 184 Å². The van der Waals surface area contributed by atoms with E-state index in [4.69, 9.17) is 19.4 Å². The predicted octanol–water partition coefficient (Wildman–Crippen LogP) is 1.14. The predicted molar refractivity (Wildman–Crippen MR) is 106 cm³/mol. The van der Waals surface area contributed by atoms with Gasteiger partial charge in [0.05, 0.1) is 26.0 Å². The average Bonchev–Trinajstić information content (AvgIpc) is 3.47. The van der Waals surface area contributed by atoms with Gasteiger partial charge in [-0.05, 0) is 12.8 Å². The summed E-state index contributed by atoms with van der Waals surface area (Å²) < 4.78 is 45.2. The van der Waals surface area contributed by atoms with Gasteiger partial charge in [0.25, 0.3) is 0 Å². The Morgan fingerprint density at radius 1 is 1.34 bits per heavy atom. The van der Waals surface area contributed by atoms with Crippen LogP contribution in [0.4, 0.5) is 13.2 Å². The molecule has 1 aromatic rings. The quantitative estimate of drug-likeness (QED) is 0.677. The molecule has 3 aliphatic rings. The van der Waals surface area contributed by atoms with Crippen molar-refractivity contribution in [3.8, 4) is 0 Å². The molecule has 2 atom stereocenters. The van der Waals surface area contributed by atoms with Crippen molar-refractivity contribution in [2.24, 2.45) is 18.4 Å². The number of rotatable bonds is 6. The van der Waals surface area contributed by atoms with Crippen LogP contribution in [-0.2, 0) is 32.7 Å². The second-order valence-corrected chi connectivity index (χ2v) is 8.65. The third-order valence-corrected chi connectivity index (χ3v) is 6.07. The highest BCUT2D eigenvalue weighted by molar-refractivity contribution is 5.77. The van der Waals surface area contributed by atoms with E-state index in [1.807, 2.05) is 22.8 Å². The number of ether oxygens (including phenoxy) is 2. The minimum absolute atomic E-state index is 0.0352. The molecule has 0 saturated carbocycles. The number of hydrogen-bond acceptors (Lipinski definition) is 6. The number of nitrogens with zero attached hydrogens (tertiary/aromatic N) is 4. The maximum atomic E-state index is 12.2. The lowest BCUT2D eigenvalue weighted by Crippen LogP contribution is -2.38. The van der Waals surface area contributed by atoms with Gasteiger partial charge in [-0.15, -0.1) is 0 Å². The largest absolute Gasteiger partial charge is 0.490 e. The molecule has 0 bridgehead atoms. The fourth-order valence-electron chi connectivity index (χ4n) is 4.48. The zero-order valence-corrected chi connectivity index (χ0v) is 18.0. The highest BCUT2D eigenvalue weighted by Crippen LogP contribution is 2.42. The number of halogens is 3. The fraction of sp³-hybridized carbons (Fsp3) is 0.750. The first kappa shape index (κ1) is 24.5. The van der Waals surface area contributed by atoms with Crippen molar-refractivity contribution in [1.82, 2.24) is 19.6 Å². The second kappa shape index (κ2) is 10.2. The molecule has 1 amide bonds. The van der Waals surface area contributed by atoms with Crippen LogP contribution in [0.2, 0.25) is 0 Å². The molecule has 0 unspecified atom stereocenters. The molecular formula is C20H29F3N4O5. The van der Waals surface area contributed by atoms with Crippen molar-refractivity contribution in [1.29, 1.82) is 0 Å². The van der Waals surface area contributed by atoms with Crippen LogP contribution in [0.3, 0.4) is 0 Å². The van der Waals surface area contributed by atoms with E-state index in [0.717, 1.165) is 58.8 Å². The molecule has 1 aromatic heterocycles. The van der Waals surface area contributed by atoms with E-state index in [1.54, 1.807) is 0 Å². The van der Waals surface area contributed by atoms with Gasteiger partial charge in [0, 0.05) is 62.9 Å². The highest BCUT2D eigenvalue weighted by atomic mass is 19.4. The van der Waals surface area contributed by atoms with Gasteiger partial charge in [0.1, 0.15) is 6.61 Å². The van der Waals surface area contributed by atoms with E-state index >= 15 is 0 Å². The first-order valence-electron chi connectivity index (χ1n) is 10.5. The number of carboxylic acid groups (broad SMARTS) is 1. The summed E-state index contributed by atoms with van der Waals surface area (Å²) in [5.74, 6) is -2.13. The van der Waals surface area contributed by atoms with Crippen molar-refractivity contribution in [3.05, 3.63) is 18.0 Å². The maximum Gasteiger partial charge on any atom is 0.490 e. The van der Waals surface area contributed by atoms with Crippen LogP contribution in [0.15, 0.2) is 12.4 Å². The summed E-state index contributed by atoms with van der Waals surface area (Å²) in [5.41, 5.74) is 1.27. The molecule has 3 fully saturated rings. The number of carbonyl (C=O) groups is 2. The zero-order chi connectivity index (χ0) is 23.4. The van der Waals surface area contributed by atoms with E-state index in [2.05, 4.69) is 16.2 Å². The van der Waals surface area contributed by atoms with Gasteiger partial charge in [-0.2, -0.15) is 18.3 Å². The molecule has 9 nitrogen and oxygen atoms in total. The fourth-order valence-corrected chi connectivity index (χ4v) is 4.48. The molecule has 4 rings (SSSR count). The Morgan fingerprint density at radius 3 is 2.62 bits per heavy atom. The summed E-state index contributed by atoms with van der Waals surface area (Å²) in [6.07, 6.45) is 1.16. The Hall–Kier alpha value is -2.18. The molecule has 0 aromatic carbocycles. The first-order valence-corrected chi connectivity index (χ1v) is 10.5. The van der Waals surface area contributed by atoms with Crippen LogP contribution in [0.5, 0.6) is 0 Å². The number of aliphatic carboxylic acids is 1. The van der Waals surface area contributed by atoms with Gasteiger partial charge in [-0.1, -0.05) is 0 Å². The molecule has 1 N–H and O–H groups in total. The average molecular weight is 462 g/mol. The Balaban J connectivity index is 0.000000360. The van der Waals surface area contributed by atoms with Gasteiger partial charge in [-0.25, -0.2) is 4.79 Å². The van der Waals surface area contributed by atoms with E-state index in [9.17, 15) is 18.0 Å². The van der Waals surface area contributed by atoms with Crippen LogP contribution in [-0.4, -0.2) is 95.3 Å². The smallest absolute Gasteiger partial charge is 0.475 e. The Kier molecular flexibility index (Phi) is 7.78. The molecular weight excluding hydrogens is 433 g/mol. The zero-order valence-electron chi connectivity index (χ0n) is 18.0. The van der Waals surface area contributed by atoms with Gasteiger partial charge < -0.3 is 19.5 Å². The van der Waals surface area contributed by atoms with Gasteiger partial charge in [-0.3, -0.25) is 14.4 Å². The molecule has 0 radical (unpaired) electrons. The molecule has 0 aliphatic carbocycles. The SMILES string of the molecule is Cn1cc(CN2C[C@@H]3COC[C@]3(COCC(=O)N3CCCC3)C2)cn1.O=C(O)C(F)(F)F. The van der Waals surface area contributed by atoms with Crippen molar-refractivity contribution in [2.75, 3.05) is 52.6 Å². The molecule has 12 heteroatoms. The van der Waals surface area contributed by atoms with Crippen LogP contribution >= 0.6 is 0 Å². The molecule has 0 spiro atoms. The number of fused-ring (bicyclic) bond motifs is 1. The standard InChI is InChI=1S/C18H28N4O3.C2HF3O2/c1-20-7-15(6-19-20)8-21-9-16-10-24-13-18(16,12-21)14-25-11-17(23)22-4-2-3-5-22;3-2(4,5)1(6)7/h6-7,16H,2-5,8-14H2,1H3;(H,6,7)/t16-,18+;/m1./s1.